The van der Waals surface area contributed by atoms with Crippen LogP contribution in [0.2, 0.25) is 0 Å². The fourth-order valence-corrected chi connectivity index (χ4v) is 2.83. The monoisotopic (exact) mass is 285 g/mol. The minimum absolute atomic E-state index is 0.149. The van der Waals surface area contributed by atoms with Crippen molar-refractivity contribution in [1.82, 2.24) is 0 Å². The maximum atomic E-state index is 13.3. The van der Waals surface area contributed by atoms with Gasteiger partial charge in [-0.3, -0.25) is 0 Å². The number of ether oxygens (including phenoxy) is 1. The Bertz CT molecular complexity index is 626. The molecule has 0 spiro atoms. The summed E-state index contributed by atoms with van der Waals surface area (Å²) in [5, 5.41) is 3.53. The maximum absolute atomic E-state index is 13.3. The van der Waals surface area contributed by atoms with Crippen molar-refractivity contribution >= 4 is 5.69 Å². The van der Waals surface area contributed by atoms with Gasteiger partial charge in [-0.1, -0.05) is 19.1 Å². The Labute approximate surface area is 125 Å². The topological polar surface area (TPSA) is 21.3 Å². The van der Waals surface area contributed by atoms with Gasteiger partial charge in [-0.15, -0.1) is 0 Å². The lowest BCUT2D eigenvalue weighted by Gasteiger charge is -2.16. The van der Waals surface area contributed by atoms with Crippen LogP contribution in [0, 0.1) is 5.82 Å². The molecule has 1 aliphatic carbocycles. The van der Waals surface area contributed by atoms with E-state index in [0.717, 1.165) is 42.9 Å². The zero-order valence-corrected chi connectivity index (χ0v) is 12.2. The average molecular weight is 285 g/mol. The number of anilines is 1. The summed E-state index contributed by atoms with van der Waals surface area (Å²) in [7, 11) is 0. The number of hydrogen-bond acceptors (Lipinski definition) is 2. The van der Waals surface area contributed by atoms with Crippen molar-refractivity contribution in [2.75, 3.05) is 11.9 Å². The van der Waals surface area contributed by atoms with E-state index in [0.29, 0.717) is 0 Å². The summed E-state index contributed by atoms with van der Waals surface area (Å²) in [5.74, 6) is 0.739. The fourth-order valence-electron chi connectivity index (χ4n) is 2.83. The van der Waals surface area contributed by atoms with Crippen LogP contribution in [0.4, 0.5) is 10.1 Å². The SMILES string of the molecule is CCCOc1cccc(NC2CCc3cc(F)ccc32)c1. The first kappa shape index (κ1) is 13.9. The van der Waals surface area contributed by atoms with E-state index in [1.165, 1.54) is 5.56 Å². The maximum Gasteiger partial charge on any atom is 0.123 e. The second-order valence-electron chi connectivity index (χ2n) is 5.46. The van der Waals surface area contributed by atoms with Gasteiger partial charge in [0, 0.05) is 11.8 Å². The van der Waals surface area contributed by atoms with Gasteiger partial charge >= 0.3 is 0 Å². The predicted molar refractivity (Wildman–Crippen MR) is 83.3 cm³/mol. The van der Waals surface area contributed by atoms with E-state index in [2.05, 4.69) is 12.2 Å². The van der Waals surface area contributed by atoms with Crippen molar-refractivity contribution in [2.24, 2.45) is 0 Å². The molecule has 3 rings (SSSR count). The second-order valence-corrected chi connectivity index (χ2v) is 5.46. The van der Waals surface area contributed by atoms with Crippen molar-refractivity contribution in [3.05, 3.63) is 59.4 Å². The molecule has 0 fully saturated rings. The summed E-state index contributed by atoms with van der Waals surface area (Å²) in [4.78, 5) is 0. The van der Waals surface area contributed by atoms with Gasteiger partial charge in [0.1, 0.15) is 11.6 Å². The molecule has 1 aliphatic rings. The van der Waals surface area contributed by atoms with E-state index in [1.807, 2.05) is 30.3 Å². The Morgan fingerprint density at radius 2 is 2.14 bits per heavy atom. The van der Waals surface area contributed by atoms with Crippen molar-refractivity contribution in [2.45, 2.75) is 32.2 Å². The molecule has 21 heavy (non-hydrogen) atoms. The molecule has 1 N–H and O–H groups in total. The van der Waals surface area contributed by atoms with E-state index in [-0.39, 0.29) is 11.9 Å². The van der Waals surface area contributed by atoms with Crippen molar-refractivity contribution < 1.29 is 9.13 Å². The Kier molecular flexibility index (Phi) is 4.09. The second kappa shape index (κ2) is 6.17. The number of hydrogen-bond donors (Lipinski definition) is 1. The number of benzene rings is 2. The molecule has 0 heterocycles. The average Bonchev–Trinajstić information content (AvgIpc) is 2.87. The van der Waals surface area contributed by atoms with Crippen LogP contribution in [0.1, 0.15) is 36.9 Å². The molecule has 1 unspecified atom stereocenters. The summed E-state index contributed by atoms with van der Waals surface area (Å²) >= 11 is 0. The lowest BCUT2D eigenvalue weighted by Crippen LogP contribution is -2.07. The molecule has 0 amide bonds. The highest BCUT2D eigenvalue weighted by Crippen LogP contribution is 2.34. The Hall–Kier alpha value is -2.03. The van der Waals surface area contributed by atoms with E-state index in [1.54, 1.807) is 12.1 Å². The van der Waals surface area contributed by atoms with Gasteiger partial charge in [-0.25, -0.2) is 4.39 Å². The number of nitrogens with one attached hydrogen (secondary N) is 1. The van der Waals surface area contributed by atoms with Gasteiger partial charge in [-0.05, 0) is 54.7 Å². The highest BCUT2D eigenvalue weighted by Gasteiger charge is 2.22. The lowest BCUT2D eigenvalue weighted by atomic mass is 10.1. The molecule has 2 aromatic rings. The van der Waals surface area contributed by atoms with Gasteiger partial charge < -0.3 is 10.1 Å². The standard InChI is InChI=1S/C18H20FNO/c1-2-10-21-16-5-3-4-15(12-16)20-18-9-6-13-11-14(19)7-8-17(13)18/h3-5,7-8,11-12,18,20H,2,6,9-10H2,1H3. The van der Waals surface area contributed by atoms with E-state index >= 15 is 0 Å². The predicted octanol–water partition coefficient (Wildman–Crippen LogP) is 4.71. The molecule has 0 saturated heterocycles. The fraction of sp³-hybridized carbons (Fsp3) is 0.333. The third-order valence-corrected chi connectivity index (χ3v) is 3.83. The van der Waals surface area contributed by atoms with Gasteiger partial charge in [0.2, 0.25) is 0 Å². The normalized spacial score (nSPS) is 16.6. The quantitative estimate of drug-likeness (QED) is 0.858. The number of rotatable bonds is 5. The number of aryl methyl sites for hydroxylation is 1. The largest absolute Gasteiger partial charge is 0.494 e. The first-order valence-corrected chi connectivity index (χ1v) is 7.54. The molecular weight excluding hydrogens is 265 g/mol. The third-order valence-electron chi connectivity index (χ3n) is 3.83. The van der Waals surface area contributed by atoms with Crippen LogP contribution < -0.4 is 10.1 Å². The summed E-state index contributed by atoms with van der Waals surface area (Å²) in [6.07, 6.45) is 2.93. The van der Waals surface area contributed by atoms with Crippen molar-refractivity contribution in [3.8, 4) is 5.75 Å². The van der Waals surface area contributed by atoms with E-state index in [9.17, 15) is 4.39 Å². The van der Waals surface area contributed by atoms with Gasteiger partial charge in [0.05, 0.1) is 12.6 Å². The molecule has 110 valence electrons. The Morgan fingerprint density at radius 3 is 3.00 bits per heavy atom. The summed E-state index contributed by atoms with van der Waals surface area (Å²) < 4.78 is 18.9. The minimum atomic E-state index is -0.149. The van der Waals surface area contributed by atoms with Crippen LogP contribution in [-0.4, -0.2) is 6.61 Å². The summed E-state index contributed by atoms with van der Waals surface area (Å²) in [6, 6.07) is 13.4. The van der Waals surface area contributed by atoms with Gasteiger partial charge in [0.25, 0.3) is 0 Å². The molecule has 2 nitrogen and oxygen atoms in total. The molecule has 0 radical (unpaired) electrons. The number of halogens is 1. The van der Waals surface area contributed by atoms with Crippen LogP contribution >= 0.6 is 0 Å². The van der Waals surface area contributed by atoms with Crippen LogP contribution in [0.5, 0.6) is 5.75 Å². The van der Waals surface area contributed by atoms with Crippen LogP contribution in [0.15, 0.2) is 42.5 Å². The van der Waals surface area contributed by atoms with Crippen LogP contribution in [0.25, 0.3) is 0 Å². The van der Waals surface area contributed by atoms with Crippen LogP contribution in [-0.2, 0) is 6.42 Å². The molecule has 0 aliphatic heterocycles. The molecule has 3 heteroatoms. The molecule has 0 bridgehead atoms. The van der Waals surface area contributed by atoms with Crippen molar-refractivity contribution in [1.29, 1.82) is 0 Å². The highest BCUT2D eigenvalue weighted by molar-refractivity contribution is 5.51. The summed E-state index contributed by atoms with van der Waals surface area (Å²) in [6.45, 7) is 2.83. The molecule has 0 saturated carbocycles. The number of fused-ring (bicyclic) bond motifs is 1. The van der Waals surface area contributed by atoms with E-state index in [4.69, 9.17) is 4.74 Å². The first-order valence-electron chi connectivity index (χ1n) is 7.54. The van der Waals surface area contributed by atoms with E-state index < -0.39 is 0 Å². The molecule has 0 aromatic heterocycles. The molecular formula is C18H20FNO. The zero-order valence-electron chi connectivity index (χ0n) is 12.2. The smallest absolute Gasteiger partial charge is 0.123 e. The Balaban J connectivity index is 1.73. The molecule has 1 atom stereocenters. The molecule has 2 aromatic carbocycles. The zero-order chi connectivity index (χ0) is 14.7. The van der Waals surface area contributed by atoms with Gasteiger partial charge in [-0.2, -0.15) is 0 Å². The third kappa shape index (κ3) is 3.18. The lowest BCUT2D eigenvalue weighted by molar-refractivity contribution is 0.317. The van der Waals surface area contributed by atoms with Gasteiger partial charge in [0.15, 0.2) is 0 Å². The first-order chi connectivity index (χ1) is 10.3. The Morgan fingerprint density at radius 1 is 1.24 bits per heavy atom. The highest BCUT2D eigenvalue weighted by atomic mass is 19.1. The minimum Gasteiger partial charge on any atom is -0.494 e. The van der Waals surface area contributed by atoms with Crippen molar-refractivity contribution in [3.63, 3.8) is 0 Å². The summed E-state index contributed by atoms with van der Waals surface area (Å²) in [5.41, 5.74) is 3.37. The van der Waals surface area contributed by atoms with Crippen LogP contribution in [0.3, 0.4) is 0 Å².